The summed E-state index contributed by atoms with van der Waals surface area (Å²) in [7, 11) is 2.18. The molecule has 0 aromatic carbocycles. The first-order chi connectivity index (χ1) is 7.18. The molecule has 0 saturated carbocycles. The summed E-state index contributed by atoms with van der Waals surface area (Å²) >= 11 is 5.91. The van der Waals surface area contributed by atoms with E-state index in [0.717, 1.165) is 19.6 Å². The quantitative estimate of drug-likeness (QED) is 0.627. The average molecular weight is 234 g/mol. The fourth-order valence-electron chi connectivity index (χ4n) is 1.97. The van der Waals surface area contributed by atoms with Crippen molar-refractivity contribution in [2.45, 2.75) is 50.5 Å². The van der Waals surface area contributed by atoms with Gasteiger partial charge in [-0.3, -0.25) is 0 Å². The first kappa shape index (κ1) is 13.3. The maximum absolute atomic E-state index is 5.91. The van der Waals surface area contributed by atoms with E-state index in [2.05, 4.69) is 18.9 Å². The van der Waals surface area contributed by atoms with Gasteiger partial charge in [0.15, 0.2) is 0 Å². The molecule has 1 fully saturated rings. The van der Waals surface area contributed by atoms with Crippen LogP contribution in [0, 0.1) is 0 Å². The molecule has 0 aromatic heterocycles. The van der Waals surface area contributed by atoms with E-state index < -0.39 is 0 Å². The van der Waals surface area contributed by atoms with E-state index in [1.165, 1.54) is 32.2 Å². The minimum atomic E-state index is 0.297. The van der Waals surface area contributed by atoms with E-state index in [1.54, 1.807) is 0 Å². The highest BCUT2D eigenvalue weighted by Gasteiger charge is 2.14. The molecule has 1 heterocycles. The van der Waals surface area contributed by atoms with Crippen molar-refractivity contribution in [3.63, 3.8) is 0 Å². The second-order valence-electron chi connectivity index (χ2n) is 4.65. The van der Waals surface area contributed by atoms with E-state index in [9.17, 15) is 0 Å². The molecule has 1 saturated heterocycles. The summed E-state index contributed by atoms with van der Waals surface area (Å²) in [6.07, 6.45) is 6.62. The summed E-state index contributed by atoms with van der Waals surface area (Å²) < 4.78 is 5.59. The van der Waals surface area contributed by atoms with Gasteiger partial charge in [-0.05, 0) is 59.2 Å². The van der Waals surface area contributed by atoms with Gasteiger partial charge in [-0.25, -0.2) is 0 Å². The number of rotatable bonds is 7. The fraction of sp³-hybridized carbons (Fsp3) is 1.00. The van der Waals surface area contributed by atoms with Crippen LogP contribution >= 0.6 is 11.6 Å². The van der Waals surface area contributed by atoms with Gasteiger partial charge in [-0.2, -0.15) is 0 Å². The van der Waals surface area contributed by atoms with Gasteiger partial charge < -0.3 is 9.64 Å². The van der Waals surface area contributed by atoms with Crippen LogP contribution in [0.1, 0.15) is 39.0 Å². The van der Waals surface area contributed by atoms with Crippen molar-refractivity contribution in [2.75, 3.05) is 26.7 Å². The Morgan fingerprint density at radius 1 is 1.47 bits per heavy atom. The Balaban J connectivity index is 1.93. The van der Waals surface area contributed by atoms with Gasteiger partial charge in [0.2, 0.25) is 0 Å². The largest absolute Gasteiger partial charge is 0.378 e. The predicted octanol–water partition coefficient (Wildman–Crippen LogP) is 2.89. The summed E-state index contributed by atoms with van der Waals surface area (Å²) in [5.74, 6) is 0. The number of hydrogen-bond acceptors (Lipinski definition) is 2. The third-order valence-electron chi connectivity index (χ3n) is 3.00. The van der Waals surface area contributed by atoms with Gasteiger partial charge in [-0.1, -0.05) is 0 Å². The van der Waals surface area contributed by atoms with Gasteiger partial charge in [-0.15, -0.1) is 11.6 Å². The van der Waals surface area contributed by atoms with Gasteiger partial charge in [0.1, 0.15) is 0 Å². The molecule has 0 bridgehead atoms. The Kier molecular flexibility index (Phi) is 6.62. The lowest BCUT2D eigenvalue weighted by Crippen LogP contribution is -2.23. The van der Waals surface area contributed by atoms with Crippen molar-refractivity contribution in [1.29, 1.82) is 0 Å². The van der Waals surface area contributed by atoms with Crippen molar-refractivity contribution >= 4 is 11.6 Å². The summed E-state index contributed by atoms with van der Waals surface area (Å²) in [5.41, 5.74) is 0. The highest BCUT2D eigenvalue weighted by Crippen LogP contribution is 2.16. The number of hydrogen-bond donors (Lipinski definition) is 0. The minimum Gasteiger partial charge on any atom is -0.378 e. The Morgan fingerprint density at radius 2 is 2.27 bits per heavy atom. The topological polar surface area (TPSA) is 12.5 Å². The lowest BCUT2D eigenvalue weighted by molar-refractivity contribution is 0.0997. The molecule has 1 rings (SSSR count). The zero-order chi connectivity index (χ0) is 11.1. The van der Waals surface area contributed by atoms with Crippen molar-refractivity contribution < 1.29 is 4.74 Å². The predicted molar refractivity (Wildman–Crippen MR) is 65.6 cm³/mol. The number of halogens is 1. The first-order valence-electron chi connectivity index (χ1n) is 6.12. The molecule has 0 spiro atoms. The van der Waals surface area contributed by atoms with Gasteiger partial charge in [0.25, 0.3) is 0 Å². The van der Waals surface area contributed by atoms with E-state index in [0.29, 0.717) is 11.5 Å². The lowest BCUT2D eigenvalue weighted by atomic mass is 10.1. The Hall–Kier alpha value is 0.210. The van der Waals surface area contributed by atoms with E-state index in [1.807, 2.05) is 0 Å². The van der Waals surface area contributed by atoms with Gasteiger partial charge >= 0.3 is 0 Å². The van der Waals surface area contributed by atoms with Crippen LogP contribution in [0.5, 0.6) is 0 Å². The highest BCUT2D eigenvalue weighted by atomic mass is 35.5. The van der Waals surface area contributed by atoms with Gasteiger partial charge in [0.05, 0.1) is 6.10 Å². The molecule has 1 aliphatic heterocycles. The monoisotopic (exact) mass is 233 g/mol. The van der Waals surface area contributed by atoms with E-state index in [-0.39, 0.29) is 0 Å². The maximum Gasteiger partial charge on any atom is 0.0576 e. The Morgan fingerprint density at radius 3 is 2.87 bits per heavy atom. The zero-order valence-corrected chi connectivity index (χ0v) is 10.8. The first-order valence-corrected chi connectivity index (χ1v) is 6.56. The van der Waals surface area contributed by atoms with Crippen LogP contribution in [-0.4, -0.2) is 43.1 Å². The summed E-state index contributed by atoms with van der Waals surface area (Å²) in [6, 6.07) is 0. The number of alkyl halides is 1. The highest BCUT2D eigenvalue weighted by molar-refractivity contribution is 6.20. The molecule has 2 atom stereocenters. The molecule has 90 valence electrons. The molecule has 0 N–H and O–H groups in total. The third-order valence-corrected chi connectivity index (χ3v) is 3.22. The van der Waals surface area contributed by atoms with Crippen LogP contribution in [0.25, 0.3) is 0 Å². The van der Waals surface area contributed by atoms with Crippen molar-refractivity contribution in [3.8, 4) is 0 Å². The summed E-state index contributed by atoms with van der Waals surface area (Å²) in [6.45, 7) is 5.31. The smallest absolute Gasteiger partial charge is 0.0576 e. The molecular weight excluding hydrogens is 210 g/mol. The third kappa shape index (κ3) is 6.39. The summed E-state index contributed by atoms with van der Waals surface area (Å²) in [5, 5.41) is 0.297. The van der Waals surface area contributed by atoms with Crippen molar-refractivity contribution in [1.82, 2.24) is 4.90 Å². The normalized spacial score (nSPS) is 23.6. The zero-order valence-electron chi connectivity index (χ0n) is 10.0. The maximum atomic E-state index is 5.91. The fourth-order valence-corrected chi connectivity index (χ4v) is 2.07. The molecule has 2 unspecified atom stereocenters. The Labute approximate surface area is 98.9 Å². The SMILES string of the molecule is CC(Cl)CCN(C)CCCC1CCCO1. The molecular formula is C12H24ClNO. The van der Waals surface area contributed by atoms with Crippen LogP contribution in [0.2, 0.25) is 0 Å². The van der Waals surface area contributed by atoms with Crippen LogP contribution in [0.15, 0.2) is 0 Å². The lowest BCUT2D eigenvalue weighted by Gasteiger charge is -2.18. The van der Waals surface area contributed by atoms with Crippen LogP contribution in [0.3, 0.4) is 0 Å². The standard InChI is InChI=1S/C12H24ClNO/c1-11(13)7-9-14(2)8-3-5-12-6-4-10-15-12/h11-12H,3-10H2,1-2H3. The second-order valence-corrected chi connectivity index (χ2v) is 5.40. The van der Waals surface area contributed by atoms with Crippen LogP contribution in [-0.2, 0) is 4.74 Å². The summed E-state index contributed by atoms with van der Waals surface area (Å²) in [4.78, 5) is 2.37. The molecule has 15 heavy (non-hydrogen) atoms. The molecule has 0 aliphatic carbocycles. The number of ether oxygens (including phenoxy) is 1. The number of nitrogens with zero attached hydrogens (tertiary/aromatic N) is 1. The molecule has 0 aromatic rings. The van der Waals surface area contributed by atoms with E-state index >= 15 is 0 Å². The second kappa shape index (κ2) is 7.48. The Bertz CT molecular complexity index is 158. The van der Waals surface area contributed by atoms with Gasteiger partial charge in [0, 0.05) is 12.0 Å². The molecule has 2 nitrogen and oxygen atoms in total. The minimum absolute atomic E-state index is 0.297. The van der Waals surface area contributed by atoms with Crippen molar-refractivity contribution in [2.24, 2.45) is 0 Å². The van der Waals surface area contributed by atoms with Crippen molar-refractivity contribution in [3.05, 3.63) is 0 Å². The molecule has 3 heteroatoms. The average Bonchev–Trinajstić information content (AvgIpc) is 2.67. The van der Waals surface area contributed by atoms with Crippen LogP contribution < -0.4 is 0 Å². The molecule has 0 amide bonds. The molecule has 1 aliphatic rings. The van der Waals surface area contributed by atoms with E-state index in [4.69, 9.17) is 16.3 Å². The molecule has 0 radical (unpaired) electrons. The van der Waals surface area contributed by atoms with Crippen LogP contribution in [0.4, 0.5) is 0 Å².